The Kier molecular flexibility index (Phi) is 5.11. The van der Waals surface area contributed by atoms with Crippen LogP contribution in [0.5, 0.6) is 5.75 Å². The summed E-state index contributed by atoms with van der Waals surface area (Å²) in [5.74, 6) is 0.890. The number of halogens is 1. The van der Waals surface area contributed by atoms with Gasteiger partial charge in [0.2, 0.25) is 0 Å². The van der Waals surface area contributed by atoms with Gasteiger partial charge >= 0.3 is 0 Å². The predicted molar refractivity (Wildman–Crippen MR) is 89.7 cm³/mol. The lowest BCUT2D eigenvalue weighted by molar-refractivity contribution is 0.204. The lowest BCUT2D eigenvalue weighted by atomic mass is 10.1. The number of hydrogen-bond acceptors (Lipinski definition) is 4. The van der Waals surface area contributed by atoms with Crippen LogP contribution >= 0.6 is 11.6 Å². The number of likely N-dealkylation sites (tertiary alicyclic amines) is 1. The third-order valence-corrected chi connectivity index (χ3v) is 4.51. The number of ether oxygens (including phenoxy) is 1. The Bertz CT molecular complexity index is 641. The van der Waals surface area contributed by atoms with Crippen molar-refractivity contribution >= 4 is 22.5 Å². The molecule has 0 atom stereocenters. The standard InChI is InChI=1S/C17H22ClN3O/c1-13-10-14-15(19-12-20-17(14)18)11-16(13)22-9-5-8-21-6-3-2-4-7-21/h10-12H,2-9H2,1H3. The SMILES string of the molecule is Cc1cc2c(Cl)ncnc2cc1OCCCN1CCCCC1. The number of benzene rings is 1. The van der Waals surface area contributed by atoms with Gasteiger partial charge in [-0.2, -0.15) is 0 Å². The van der Waals surface area contributed by atoms with Gasteiger partial charge in [0.05, 0.1) is 12.1 Å². The van der Waals surface area contributed by atoms with Crippen LogP contribution in [-0.4, -0.2) is 41.1 Å². The molecule has 2 heterocycles. The number of piperidine rings is 1. The number of fused-ring (bicyclic) bond motifs is 1. The van der Waals surface area contributed by atoms with Crippen molar-refractivity contribution < 1.29 is 4.74 Å². The molecule has 1 saturated heterocycles. The van der Waals surface area contributed by atoms with Crippen molar-refractivity contribution in [3.8, 4) is 5.75 Å². The van der Waals surface area contributed by atoms with Gasteiger partial charge in [-0.05, 0) is 50.9 Å². The van der Waals surface area contributed by atoms with Gasteiger partial charge in [-0.1, -0.05) is 18.0 Å². The smallest absolute Gasteiger partial charge is 0.140 e. The first-order chi connectivity index (χ1) is 10.7. The van der Waals surface area contributed by atoms with Crippen LogP contribution in [-0.2, 0) is 0 Å². The highest BCUT2D eigenvalue weighted by Crippen LogP contribution is 2.27. The molecule has 0 radical (unpaired) electrons. The minimum absolute atomic E-state index is 0.491. The Morgan fingerprint density at radius 2 is 2.00 bits per heavy atom. The third kappa shape index (κ3) is 3.68. The number of aryl methyl sites for hydroxylation is 1. The van der Waals surface area contributed by atoms with Crippen molar-refractivity contribution in [3.05, 3.63) is 29.2 Å². The van der Waals surface area contributed by atoms with Crippen LogP contribution in [0.3, 0.4) is 0 Å². The highest BCUT2D eigenvalue weighted by atomic mass is 35.5. The largest absolute Gasteiger partial charge is 0.493 e. The first-order valence-corrected chi connectivity index (χ1v) is 8.38. The first-order valence-electron chi connectivity index (χ1n) is 8.00. The van der Waals surface area contributed by atoms with Crippen LogP contribution < -0.4 is 4.74 Å². The molecular weight excluding hydrogens is 298 g/mol. The van der Waals surface area contributed by atoms with E-state index < -0.39 is 0 Å². The van der Waals surface area contributed by atoms with Crippen LogP contribution in [0.4, 0.5) is 0 Å². The summed E-state index contributed by atoms with van der Waals surface area (Å²) in [6.07, 6.45) is 6.60. The fourth-order valence-electron chi connectivity index (χ4n) is 2.97. The molecule has 1 aromatic heterocycles. The minimum atomic E-state index is 0.491. The average molecular weight is 320 g/mol. The number of aromatic nitrogens is 2. The van der Waals surface area contributed by atoms with Crippen molar-refractivity contribution in [2.75, 3.05) is 26.2 Å². The van der Waals surface area contributed by atoms with E-state index in [1.54, 1.807) is 0 Å². The lowest BCUT2D eigenvalue weighted by Crippen LogP contribution is -2.31. The van der Waals surface area contributed by atoms with Gasteiger partial charge in [-0.15, -0.1) is 0 Å². The summed E-state index contributed by atoms with van der Waals surface area (Å²) in [4.78, 5) is 10.8. The molecule has 0 saturated carbocycles. The minimum Gasteiger partial charge on any atom is -0.493 e. The molecule has 0 aliphatic carbocycles. The lowest BCUT2D eigenvalue weighted by Gasteiger charge is -2.26. The monoisotopic (exact) mass is 319 g/mol. The highest BCUT2D eigenvalue weighted by molar-refractivity contribution is 6.34. The molecule has 1 aromatic carbocycles. The summed E-state index contributed by atoms with van der Waals surface area (Å²) >= 11 is 6.10. The highest BCUT2D eigenvalue weighted by Gasteiger charge is 2.10. The molecule has 0 spiro atoms. The summed E-state index contributed by atoms with van der Waals surface area (Å²) in [5.41, 5.74) is 1.90. The van der Waals surface area contributed by atoms with E-state index >= 15 is 0 Å². The second kappa shape index (κ2) is 7.25. The molecule has 0 amide bonds. The van der Waals surface area contributed by atoms with Crippen molar-refractivity contribution in [2.45, 2.75) is 32.6 Å². The van der Waals surface area contributed by atoms with E-state index in [4.69, 9.17) is 16.3 Å². The second-order valence-corrected chi connectivity index (χ2v) is 6.26. The van der Waals surface area contributed by atoms with E-state index in [2.05, 4.69) is 14.9 Å². The van der Waals surface area contributed by atoms with E-state index in [1.165, 1.54) is 38.7 Å². The Hall–Kier alpha value is -1.39. The quantitative estimate of drug-likeness (QED) is 0.620. The number of nitrogens with zero attached hydrogens (tertiary/aromatic N) is 3. The van der Waals surface area contributed by atoms with Gasteiger partial charge in [0.15, 0.2) is 0 Å². The van der Waals surface area contributed by atoms with E-state index in [0.29, 0.717) is 5.15 Å². The Balaban J connectivity index is 1.58. The molecule has 0 bridgehead atoms. The number of hydrogen-bond donors (Lipinski definition) is 0. The average Bonchev–Trinajstić information content (AvgIpc) is 2.54. The Morgan fingerprint density at radius 1 is 1.18 bits per heavy atom. The molecule has 5 heteroatoms. The Morgan fingerprint density at radius 3 is 2.82 bits per heavy atom. The Labute approximate surface area is 136 Å². The summed E-state index contributed by atoms with van der Waals surface area (Å²) in [5, 5.41) is 1.37. The second-order valence-electron chi connectivity index (χ2n) is 5.90. The normalized spacial score (nSPS) is 16.1. The molecule has 2 aromatic rings. The maximum Gasteiger partial charge on any atom is 0.140 e. The van der Waals surface area contributed by atoms with Gasteiger partial charge in [-0.25, -0.2) is 9.97 Å². The van der Waals surface area contributed by atoms with E-state index in [0.717, 1.165) is 41.8 Å². The predicted octanol–water partition coefficient (Wildman–Crippen LogP) is 3.85. The molecule has 1 aliphatic rings. The van der Waals surface area contributed by atoms with Crippen LogP contribution in [0.25, 0.3) is 10.9 Å². The topological polar surface area (TPSA) is 38.3 Å². The van der Waals surface area contributed by atoms with E-state index in [1.807, 2.05) is 19.1 Å². The molecule has 0 N–H and O–H groups in total. The van der Waals surface area contributed by atoms with Crippen LogP contribution in [0.15, 0.2) is 18.5 Å². The molecule has 22 heavy (non-hydrogen) atoms. The molecule has 1 fully saturated rings. The van der Waals surface area contributed by atoms with Crippen LogP contribution in [0.2, 0.25) is 5.15 Å². The fraction of sp³-hybridized carbons (Fsp3) is 0.529. The van der Waals surface area contributed by atoms with Crippen LogP contribution in [0, 0.1) is 6.92 Å². The summed E-state index contributed by atoms with van der Waals surface area (Å²) in [7, 11) is 0. The van der Waals surface area contributed by atoms with Gasteiger partial charge in [0.1, 0.15) is 17.2 Å². The van der Waals surface area contributed by atoms with Gasteiger partial charge < -0.3 is 9.64 Å². The van der Waals surface area contributed by atoms with E-state index in [-0.39, 0.29) is 0 Å². The molecule has 118 valence electrons. The maximum absolute atomic E-state index is 6.10. The zero-order chi connectivity index (χ0) is 15.4. The zero-order valence-electron chi connectivity index (χ0n) is 13.0. The van der Waals surface area contributed by atoms with Crippen molar-refractivity contribution in [2.24, 2.45) is 0 Å². The van der Waals surface area contributed by atoms with Crippen LogP contribution in [0.1, 0.15) is 31.2 Å². The van der Waals surface area contributed by atoms with Gasteiger partial charge in [-0.3, -0.25) is 0 Å². The zero-order valence-corrected chi connectivity index (χ0v) is 13.8. The first kappa shape index (κ1) is 15.5. The molecule has 0 unspecified atom stereocenters. The number of rotatable bonds is 5. The summed E-state index contributed by atoms with van der Waals surface area (Å²) in [6.45, 7) is 6.37. The van der Waals surface area contributed by atoms with Crippen molar-refractivity contribution in [3.63, 3.8) is 0 Å². The molecule has 3 rings (SSSR count). The summed E-state index contributed by atoms with van der Waals surface area (Å²) < 4.78 is 5.95. The fourth-order valence-corrected chi connectivity index (χ4v) is 3.16. The molecular formula is C17H22ClN3O. The van der Waals surface area contributed by atoms with Crippen molar-refractivity contribution in [1.82, 2.24) is 14.9 Å². The van der Waals surface area contributed by atoms with E-state index in [9.17, 15) is 0 Å². The van der Waals surface area contributed by atoms with Gasteiger partial charge in [0, 0.05) is 18.0 Å². The maximum atomic E-state index is 6.10. The molecule has 4 nitrogen and oxygen atoms in total. The summed E-state index contributed by atoms with van der Waals surface area (Å²) in [6, 6.07) is 3.96. The third-order valence-electron chi connectivity index (χ3n) is 4.21. The molecule has 1 aliphatic heterocycles. The van der Waals surface area contributed by atoms with Gasteiger partial charge in [0.25, 0.3) is 0 Å². The van der Waals surface area contributed by atoms with Crippen molar-refractivity contribution in [1.29, 1.82) is 0 Å².